The maximum absolute atomic E-state index is 10.1. The molecule has 0 aromatic carbocycles. The van der Waals surface area contributed by atoms with Gasteiger partial charge in [0, 0.05) is 6.42 Å². The van der Waals surface area contributed by atoms with Gasteiger partial charge in [0.25, 0.3) is 0 Å². The van der Waals surface area contributed by atoms with Gasteiger partial charge in [-0.05, 0) is 25.1 Å². The summed E-state index contributed by atoms with van der Waals surface area (Å²) in [5, 5.41) is 10.1. The molecule has 124 valence electrons. The van der Waals surface area contributed by atoms with Crippen LogP contribution in [0.3, 0.4) is 0 Å². The molecule has 1 N–H and O–H groups in total. The number of hydrogen-bond acceptors (Lipinski definition) is 2. The zero-order valence-corrected chi connectivity index (χ0v) is 15.7. The third kappa shape index (κ3) is 6.66. The summed E-state index contributed by atoms with van der Waals surface area (Å²) < 4.78 is 6.73. The van der Waals surface area contributed by atoms with E-state index in [1.807, 2.05) is 13.0 Å². The first-order valence-corrected chi connectivity index (χ1v) is 11.6. The molecule has 1 aliphatic carbocycles. The highest BCUT2D eigenvalue weighted by Gasteiger charge is 2.38. The monoisotopic (exact) mass is 312 g/mol. The lowest BCUT2D eigenvalue weighted by Gasteiger charge is -2.35. The molecule has 2 nitrogen and oxygen atoms in total. The normalized spacial score (nSPS) is 25.7. The lowest BCUT2D eigenvalue weighted by atomic mass is 10.1. The third-order valence-corrected chi connectivity index (χ3v) is 9.24. The molecule has 0 spiro atoms. The van der Waals surface area contributed by atoms with Crippen molar-refractivity contribution in [2.24, 2.45) is 0 Å². The molecule has 0 aromatic heterocycles. The van der Waals surface area contributed by atoms with Crippen LogP contribution >= 0.6 is 0 Å². The van der Waals surface area contributed by atoms with Crippen molar-refractivity contribution >= 4 is 8.32 Å². The van der Waals surface area contributed by atoms with Crippen LogP contribution in [0.2, 0.25) is 18.1 Å². The first kappa shape index (κ1) is 18.9. The van der Waals surface area contributed by atoms with E-state index in [1.165, 1.54) is 56.7 Å². The summed E-state index contributed by atoms with van der Waals surface area (Å²) >= 11 is 0. The fourth-order valence-corrected chi connectivity index (χ4v) is 8.21. The van der Waals surface area contributed by atoms with E-state index in [2.05, 4.69) is 26.8 Å². The minimum absolute atomic E-state index is 0.150. The Labute approximate surface area is 133 Å². The quantitative estimate of drug-likeness (QED) is 0.407. The standard InChI is InChI=1S/C18H36O2Si/c1-5-8-13-21(14-9-6-2,15-10-7-3)20-17-11-12-18(4,19)16-17/h11-12,17,19H,5-10,13-16H2,1-4H3/t17-,18+/m1/s1. The number of rotatable bonds is 11. The van der Waals surface area contributed by atoms with E-state index in [0.29, 0.717) is 0 Å². The van der Waals surface area contributed by atoms with E-state index in [9.17, 15) is 5.11 Å². The van der Waals surface area contributed by atoms with Gasteiger partial charge >= 0.3 is 0 Å². The van der Waals surface area contributed by atoms with Crippen molar-refractivity contribution in [2.45, 2.75) is 102 Å². The highest BCUT2D eigenvalue weighted by atomic mass is 28.4. The van der Waals surface area contributed by atoms with Gasteiger partial charge in [0.05, 0.1) is 11.7 Å². The Morgan fingerprint density at radius 3 is 1.86 bits per heavy atom. The summed E-state index contributed by atoms with van der Waals surface area (Å²) in [4.78, 5) is 0. The predicted octanol–water partition coefficient (Wildman–Crippen LogP) is 5.43. The molecule has 1 rings (SSSR count). The third-order valence-electron chi connectivity index (χ3n) is 4.64. The molecule has 0 saturated heterocycles. The fourth-order valence-electron chi connectivity index (χ4n) is 3.31. The van der Waals surface area contributed by atoms with Crippen molar-refractivity contribution in [3.63, 3.8) is 0 Å². The summed E-state index contributed by atoms with van der Waals surface area (Å²) in [6.07, 6.45) is 12.6. The summed E-state index contributed by atoms with van der Waals surface area (Å²) in [7, 11) is -1.65. The molecule has 0 aromatic rings. The molecule has 3 heteroatoms. The molecular weight excluding hydrogens is 276 g/mol. The lowest BCUT2D eigenvalue weighted by Crippen LogP contribution is -2.41. The SMILES string of the molecule is CCCC[Si](CCCC)(CCCC)O[C@@H]1C=C[C@](C)(O)C1. The van der Waals surface area contributed by atoms with Gasteiger partial charge in [0.1, 0.15) is 0 Å². The second kappa shape index (κ2) is 9.11. The smallest absolute Gasteiger partial charge is 0.193 e. The van der Waals surface area contributed by atoms with E-state index >= 15 is 0 Å². The Kier molecular flexibility index (Phi) is 8.21. The van der Waals surface area contributed by atoms with Gasteiger partial charge < -0.3 is 9.53 Å². The molecule has 0 bridgehead atoms. The number of aliphatic hydroxyl groups is 1. The van der Waals surface area contributed by atoms with Crippen LogP contribution in [0.1, 0.15) is 72.6 Å². The van der Waals surface area contributed by atoms with Crippen molar-refractivity contribution in [1.29, 1.82) is 0 Å². The Hall–Kier alpha value is -0.123. The summed E-state index contributed by atoms with van der Waals surface area (Å²) in [5.74, 6) is 0. The van der Waals surface area contributed by atoms with Gasteiger partial charge in [0.2, 0.25) is 0 Å². The van der Waals surface area contributed by atoms with E-state index in [1.54, 1.807) is 0 Å². The predicted molar refractivity (Wildman–Crippen MR) is 94.2 cm³/mol. The highest BCUT2D eigenvalue weighted by molar-refractivity contribution is 6.73. The molecule has 0 aliphatic heterocycles. The molecule has 0 unspecified atom stereocenters. The molecule has 0 fully saturated rings. The first-order valence-electron chi connectivity index (χ1n) is 9.06. The molecule has 0 saturated carbocycles. The van der Waals surface area contributed by atoms with Crippen molar-refractivity contribution < 1.29 is 9.53 Å². The van der Waals surface area contributed by atoms with Crippen molar-refractivity contribution in [3.05, 3.63) is 12.2 Å². The molecule has 0 heterocycles. The average molecular weight is 313 g/mol. The van der Waals surface area contributed by atoms with Crippen LogP contribution in [0.25, 0.3) is 0 Å². The minimum atomic E-state index is -1.65. The van der Waals surface area contributed by atoms with Gasteiger partial charge in [0.15, 0.2) is 8.32 Å². The van der Waals surface area contributed by atoms with Crippen LogP contribution in [-0.4, -0.2) is 25.1 Å². The minimum Gasteiger partial charge on any atom is -0.410 e. The van der Waals surface area contributed by atoms with Crippen molar-refractivity contribution in [3.8, 4) is 0 Å². The number of hydrogen-bond donors (Lipinski definition) is 1. The van der Waals surface area contributed by atoms with E-state index in [4.69, 9.17) is 4.43 Å². The maximum atomic E-state index is 10.1. The van der Waals surface area contributed by atoms with E-state index in [-0.39, 0.29) is 6.10 Å². The van der Waals surface area contributed by atoms with Crippen LogP contribution in [-0.2, 0) is 4.43 Å². The van der Waals surface area contributed by atoms with Crippen LogP contribution in [0, 0.1) is 0 Å². The lowest BCUT2D eigenvalue weighted by molar-refractivity contribution is 0.0777. The Balaban J connectivity index is 2.73. The van der Waals surface area contributed by atoms with Crippen LogP contribution in [0.5, 0.6) is 0 Å². The van der Waals surface area contributed by atoms with Gasteiger partial charge in [-0.3, -0.25) is 0 Å². The molecular formula is C18H36O2Si. The Morgan fingerprint density at radius 1 is 1.05 bits per heavy atom. The van der Waals surface area contributed by atoms with Crippen molar-refractivity contribution in [1.82, 2.24) is 0 Å². The molecule has 0 radical (unpaired) electrons. The molecule has 1 aliphatic rings. The topological polar surface area (TPSA) is 29.5 Å². The molecule has 2 atom stereocenters. The fraction of sp³-hybridized carbons (Fsp3) is 0.889. The summed E-state index contributed by atoms with van der Waals surface area (Å²) in [6, 6.07) is 3.90. The maximum Gasteiger partial charge on any atom is 0.193 e. The second-order valence-corrected chi connectivity index (χ2v) is 11.2. The summed E-state index contributed by atoms with van der Waals surface area (Å²) in [6.45, 7) is 8.72. The largest absolute Gasteiger partial charge is 0.410 e. The average Bonchev–Trinajstić information content (AvgIpc) is 2.79. The number of unbranched alkanes of at least 4 members (excludes halogenated alkanes) is 3. The summed E-state index contributed by atoms with van der Waals surface area (Å²) in [5.41, 5.74) is -0.662. The van der Waals surface area contributed by atoms with Gasteiger partial charge in [-0.25, -0.2) is 0 Å². The second-order valence-electron chi connectivity index (χ2n) is 7.07. The van der Waals surface area contributed by atoms with Crippen LogP contribution in [0.15, 0.2) is 12.2 Å². The zero-order valence-electron chi connectivity index (χ0n) is 14.7. The molecule has 0 amide bonds. The van der Waals surface area contributed by atoms with Crippen molar-refractivity contribution in [2.75, 3.05) is 0 Å². The van der Waals surface area contributed by atoms with E-state index < -0.39 is 13.9 Å². The first-order chi connectivity index (χ1) is 9.97. The van der Waals surface area contributed by atoms with Gasteiger partial charge in [-0.1, -0.05) is 71.4 Å². The Morgan fingerprint density at radius 2 is 1.52 bits per heavy atom. The van der Waals surface area contributed by atoms with Gasteiger partial charge in [-0.15, -0.1) is 0 Å². The zero-order chi connectivity index (χ0) is 15.8. The van der Waals surface area contributed by atoms with E-state index in [0.717, 1.165) is 6.42 Å². The van der Waals surface area contributed by atoms with Crippen LogP contribution < -0.4 is 0 Å². The van der Waals surface area contributed by atoms with Gasteiger partial charge in [-0.2, -0.15) is 0 Å². The Bertz CT molecular complexity index is 291. The highest BCUT2D eigenvalue weighted by Crippen LogP contribution is 2.34. The van der Waals surface area contributed by atoms with Crippen LogP contribution in [0.4, 0.5) is 0 Å². The molecule has 21 heavy (non-hydrogen) atoms.